The van der Waals surface area contributed by atoms with E-state index in [0.29, 0.717) is 18.2 Å². The molecular weight excluding hydrogens is 280 g/mol. The van der Waals surface area contributed by atoms with Crippen LogP contribution in [-0.4, -0.2) is 26.9 Å². The summed E-state index contributed by atoms with van der Waals surface area (Å²) in [5.41, 5.74) is 0.821. The van der Waals surface area contributed by atoms with Gasteiger partial charge < -0.3 is 5.32 Å². The van der Waals surface area contributed by atoms with Crippen molar-refractivity contribution in [3.8, 4) is 0 Å². The first-order valence-electron chi connectivity index (χ1n) is 6.54. The first kappa shape index (κ1) is 16.3. The van der Waals surface area contributed by atoms with Crippen molar-refractivity contribution in [2.75, 3.05) is 6.54 Å². The third-order valence-electron chi connectivity index (χ3n) is 2.67. The normalized spacial score (nSPS) is 14.4. The van der Waals surface area contributed by atoms with Gasteiger partial charge in [-0.05, 0) is 13.3 Å². The third kappa shape index (κ3) is 5.03. The lowest BCUT2D eigenvalue weighted by Gasteiger charge is -2.10. The predicted octanol–water partition coefficient (Wildman–Crippen LogP) is 2.43. The second-order valence-electron chi connectivity index (χ2n) is 4.79. The number of hydrogen-bond donors (Lipinski definition) is 1. The molecule has 4 nitrogen and oxygen atoms in total. The lowest BCUT2D eigenvalue weighted by molar-refractivity contribution is -0.120. The number of thiazole rings is 1. The molecule has 1 amide bonds. The Morgan fingerprint density at radius 2 is 2.16 bits per heavy atom. The Bertz CT molecular complexity index is 444. The highest BCUT2D eigenvalue weighted by Gasteiger charge is 2.20. The number of hydrogen-bond acceptors (Lipinski definition) is 4. The largest absolute Gasteiger partial charge is 0.355 e. The quantitative estimate of drug-likeness (QED) is 0.841. The van der Waals surface area contributed by atoms with E-state index in [1.807, 2.05) is 12.3 Å². The summed E-state index contributed by atoms with van der Waals surface area (Å²) in [5, 5.41) is 5.27. The Kier molecular flexibility index (Phi) is 6.65. The summed E-state index contributed by atoms with van der Waals surface area (Å²) in [6.07, 6.45) is 0.884. The molecule has 0 saturated heterocycles. The minimum absolute atomic E-state index is 0.139. The van der Waals surface area contributed by atoms with E-state index in [1.165, 1.54) is 0 Å². The van der Waals surface area contributed by atoms with Crippen LogP contribution >= 0.6 is 11.3 Å². The lowest BCUT2D eigenvalue weighted by Crippen LogP contribution is -2.36. The maximum atomic E-state index is 12.1. The Morgan fingerprint density at radius 3 is 2.68 bits per heavy atom. The van der Waals surface area contributed by atoms with E-state index in [9.17, 15) is 9.00 Å². The molecule has 2 atom stereocenters. The summed E-state index contributed by atoms with van der Waals surface area (Å²) in [6, 6.07) is 0. The van der Waals surface area contributed by atoms with Crippen LogP contribution in [0, 0.1) is 0 Å². The average Bonchev–Trinajstić information content (AvgIpc) is 2.83. The topological polar surface area (TPSA) is 59.1 Å². The Labute approximate surface area is 121 Å². The van der Waals surface area contributed by atoms with E-state index in [2.05, 4.69) is 24.1 Å². The van der Waals surface area contributed by atoms with Crippen molar-refractivity contribution >= 4 is 28.0 Å². The van der Waals surface area contributed by atoms with Crippen LogP contribution < -0.4 is 5.32 Å². The van der Waals surface area contributed by atoms with E-state index in [0.717, 1.165) is 17.1 Å². The minimum atomic E-state index is -1.22. The van der Waals surface area contributed by atoms with Crippen LogP contribution in [0.4, 0.5) is 0 Å². The number of amides is 1. The molecule has 0 fully saturated rings. The molecule has 0 radical (unpaired) electrons. The highest BCUT2D eigenvalue weighted by molar-refractivity contribution is 7.85. The van der Waals surface area contributed by atoms with E-state index < -0.39 is 16.0 Å². The van der Waals surface area contributed by atoms with Crippen LogP contribution in [0.15, 0.2) is 5.38 Å². The smallest absolute Gasteiger partial charge is 0.235 e. The summed E-state index contributed by atoms with van der Waals surface area (Å²) in [4.78, 5) is 16.2. The molecule has 108 valence electrons. The fourth-order valence-electron chi connectivity index (χ4n) is 1.44. The maximum absolute atomic E-state index is 12.1. The summed E-state index contributed by atoms with van der Waals surface area (Å²) >= 11 is 1.59. The van der Waals surface area contributed by atoms with Gasteiger partial charge in [-0.25, -0.2) is 4.98 Å². The summed E-state index contributed by atoms with van der Waals surface area (Å²) < 4.78 is 12.1. The summed E-state index contributed by atoms with van der Waals surface area (Å²) in [5.74, 6) is 0.598. The Morgan fingerprint density at radius 1 is 1.47 bits per heavy atom. The molecule has 0 aliphatic carbocycles. The molecule has 0 spiro atoms. The van der Waals surface area contributed by atoms with Gasteiger partial charge in [0.15, 0.2) is 0 Å². The maximum Gasteiger partial charge on any atom is 0.235 e. The number of carbonyl (C=O) groups is 1. The summed E-state index contributed by atoms with van der Waals surface area (Å²) in [6.45, 7) is 8.50. The van der Waals surface area contributed by atoms with E-state index in [-0.39, 0.29) is 5.91 Å². The minimum Gasteiger partial charge on any atom is -0.355 e. The highest BCUT2D eigenvalue weighted by atomic mass is 32.2. The molecule has 0 unspecified atom stereocenters. The number of carbonyl (C=O) groups excluding carboxylic acids is 1. The van der Waals surface area contributed by atoms with Crippen LogP contribution in [0.5, 0.6) is 0 Å². The molecule has 1 heterocycles. The van der Waals surface area contributed by atoms with Crippen LogP contribution in [-0.2, 0) is 21.3 Å². The number of aromatic nitrogens is 1. The van der Waals surface area contributed by atoms with Gasteiger partial charge in [-0.3, -0.25) is 9.00 Å². The first-order valence-corrected chi connectivity index (χ1v) is 8.81. The standard InChI is InChI=1S/C13H22N2O2S2/c1-5-6-14-12(16)10(4)19(17)8-11-7-18-13(15-11)9(2)3/h7,9-10H,5-6,8H2,1-4H3,(H,14,16)/t10-,19+/m1/s1. The Balaban J connectivity index is 2.55. The molecule has 1 N–H and O–H groups in total. The fourth-order valence-corrected chi connectivity index (χ4v) is 3.39. The van der Waals surface area contributed by atoms with Crippen molar-refractivity contribution in [3.63, 3.8) is 0 Å². The molecule has 0 aromatic carbocycles. The van der Waals surface area contributed by atoms with Gasteiger partial charge in [0.1, 0.15) is 5.25 Å². The van der Waals surface area contributed by atoms with Gasteiger partial charge in [-0.2, -0.15) is 0 Å². The van der Waals surface area contributed by atoms with Gasteiger partial charge in [0.05, 0.1) is 16.5 Å². The van der Waals surface area contributed by atoms with Crippen LogP contribution in [0.1, 0.15) is 50.7 Å². The molecule has 0 aliphatic rings. The fraction of sp³-hybridized carbons (Fsp3) is 0.692. The van der Waals surface area contributed by atoms with Gasteiger partial charge in [0.2, 0.25) is 5.91 Å². The molecule has 1 aromatic rings. The van der Waals surface area contributed by atoms with Crippen molar-refractivity contribution < 1.29 is 9.00 Å². The molecule has 19 heavy (non-hydrogen) atoms. The van der Waals surface area contributed by atoms with Gasteiger partial charge in [-0.1, -0.05) is 20.8 Å². The van der Waals surface area contributed by atoms with E-state index >= 15 is 0 Å². The summed E-state index contributed by atoms with van der Waals surface area (Å²) in [7, 11) is -1.22. The van der Waals surface area contributed by atoms with Crippen LogP contribution in [0.2, 0.25) is 0 Å². The zero-order chi connectivity index (χ0) is 14.4. The number of nitrogens with one attached hydrogen (secondary N) is 1. The van der Waals surface area contributed by atoms with Crippen LogP contribution in [0.25, 0.3) is 0 Å². The van der Waals surface area contributed by atoms with Crippen molar-refractivity contribution in [2.24, 2.45) is 0 Å². The van der Waals surface area contributed by atoms with Crippen molar-refractivity contribution in [3.05, 3.63) is 16.1 Å². The average molecular weight is 302 g/mol. The van der Waals surface area contributed by atoms with E-state index in [1.54, 1.807) is 18.3 Å². The second-order valence-corrected chi connectivity index (χ2v) is 7.44. The van der Waals surface area contributed by atoms with Gasteiger partial charge in [0.25, 0.3) is 0 Å². The molecule has 0 aliphatic heterocycles. The molecule has 6 heteroatoms. The molecule has 1 aromatic heterocycles. The molecule has 0 saturated carbocycles. The lowest BCUT2D eigenvalue weighted by atomic mass is 10.2. The number of rotatable bonds is 7. The Hall–Kier alpha value is -0.750. The SMILES string of the molecule is CCCNC(=O)[C@@H](C)[S@@](=O)Cc1csc(C(C)C)n1. The van der Waals surface area contributed by atoms with Gasteiger partial charge >= 0.3 is 0 Å². The van der Waals surface area contributed by atoms with Crippen molar-refractivity contribution in [2.45, 2.75) is 51.0 Å². The van der Waals surface area contributed by atoms with Gasteiger partial charge in [-0.15, -0.1) is 11.3 Å². The number of nitrogens with zero attached hydrogens (tertiary/aromatic N) is 1. The van der Waals surface area contributed by atoms with Crippen molar-refractivity contribution in [1.82, 2.24) is 10.3 Å². The van der Waals surface area contributed by atoms with Crippen molar-refractivity contribution in [1.29, 1.82) is 0 Å². The highest BCUT2D eigenvalue weighted by Crippen LogP contribution is 2.20. The predicted molar refractivity (Wildman–Crippen MR) is 80.8 cm³/mol. The van der Waals surface area contributed by atoms with E-state index in [4.69, 9.17) is 0 Å². The molecular formula is C13H22N2O2S2. The molecule has 1 rings (SSSR count). The zero-order valence-corrected chi connectivity index (χ0v) is 13.6. The first-order chi connectivity index (χ1) is 8.95. The second kappa shape index (κ2) is 7.75. The van der Waals surface area contributed by atoms with Gasteiger partial charge in [0, 0.05) is 28.6 Å². The monoisotopic (exact) mass is 302 g/mol. The van der Waals surface area contributed by atoms with Crippen LogP contribution in [0.3, 0.4) is 0 Å². The molecule has 0 bridgehead atoms. The third-order valence-corrected chi connectivity index (χ3v) is 5.44. The zero-order valence-electron chi connectivity index (χ0n) is 11.9.